The Balaban J connectivity index is 1.81. The minimum Gasteiger partial charge on any atom is -0.326 e. The van der Waals surface area contributed by atoms with E-state index in [0.717, 1.165) is 18.2 Å². The second-order valence-electron chi connectivity index (χ2n) is 4.97. The third kappa shape index (κ3) is 5.97. The summed E-state index contributed by atoms with van der Waals surface area (Å²) in [5.41, 5.74) is 2.71. The summed E-state index contributed by atoms with van der Waals surface area (Å²) in [5, 5.41) is 6.86. The van der Waals surface area contributed by atoms with E-state index in [1.807, 2.05) is 16.8 Å². The molecule has 0 aliphatic rings. The molecule has 2 N–H and O–H groups in total. The molecule has 2 aromatic rings. The van der Waals surface area contributed by atoms with Crippen molar-refractivity contribution in [2.45, 2.75) is 19.4 Å². The Morgan fingerprint density at radius 1 is 1.14 bits per heavy atom. The minimum absolute atomic E-state index is 0.0341. The summed E-state index contributed by atoms with van der Waals surface area (Å²) < 4.78 is 24.5. The van der Waals surface area contributed by atoms with E-state index in [9.17, 15) is 13.2 Å². The highest BCUT2D eigenvalue weighted by Crippen LogP contribution is 2.12. The summed E-state index contributed by atoms with van der Waals surface area (Å²) >= 11 is 1.62. The lowest BCUT2D eigenvalue weighted by Crippen LogP contribution is -2.21. The van der Waals surface area contributed by atoms with Gasteiger partial charge in [-0.15, -0.1) is 0 Å². The van der Waals surface area contributed by atoms with Gasteiger partial charge in [0.2, 0.25) is 15.9 Å². The Morgan fingerprint density at radius 2 is 1.86 bits per heavy atom. The summed E-state index contributed by atoms with van der Waals surface area (Å²) in [5.74, 6) is -0.0341. The maximum absolute atomic E-state index is 11.9. The van der Waals surface area contributed by atoms with Crippen LogP contribution in [0, 0.1) is 0 Å². The molecule has 2 rings (SSSR count). The molecule has 1 heterocycles. The molecule has 0 bridgehead atoms. The van der Waals surface area contributed by atoms with Gasteiger partial charge in [-0.3, -0.25) is 4.79 Å². The Morgan fingerprint density at radius 3 is 2.45 bits per heavy atom. The van der Waals surface area contributed by atoms with Crippen LogP contribution in [0.25, 0.3) is 0 Å². The van der Waals surface area contributed by atoms with Gasteiger partial charge in [0.1, 0.15) is 0 Å². The lowest BCUT2D eigenvalue weighted by molar-refractivity contribution is -0.116. The van der Waals surface area contributed by atoms with Crippen molar-refractivity contribution in [2.24, 2.45) is 0 Å². The molecule has 0 unspecified atom stereocenters. The average molecular weight is 338 g/mol. The van der Waals surface area contributed by atoms with E-state index in [1.165, 1.54) is 5.56 Å². The van der Waals surface area contributed by atoms with Crippen LogP contribution in [0.1, 0.15) is 17.5 Å². The number of hydrogen-bond donors (Lipinski definition) is 2. The van der Waals surface area contributed by atoms with Crippen LogP contribution in [0.2, 0.25) is 0 Å². The largest absolute Gasteiger partial charge is 0.326 e. The lowest BCUT2D eigenvalue weighted by Gasteiger charge is -2.07. The Bertz CT molecular complexity index is 708. The monoisotopic (exact) mass is 338 g/mol. The summed E-state index contributed by atoms with van der Waals surface area (Å²) in [4.78, 5) is 11.9. The first-order chi connectivity index (χ1) is 10.4. The number of rotatable bonds is 7. The van der Waals surface area contributed by atoms with Crippen molar-refractivity contribution < 1.29 is 13.2 Å². The number of sulfonamides is 1. The Hall–Kier alpha value is -1.70. The van der Waals surface area contributed by atoms with Gasteiger partial charge < -0.3 is 5.32 Å². The maximum atomic E-state index is 11.9. The quantitative estimate of drug-likeness (QED) is 0.814. The normalized spacial score (nSPS) is 11.3. The molecule has 5 nitrogen and oxygen atoms in total. The molecule has 0 radical (unpaired) electrons. The van der Waals surface area contributed by atoms with Gasteiger partial charge in [-0.05, 0) is 46.5 Å². The second kappa shape index (κ2) is 7.53. The molecule has 0 spiro atoms. The molecule has 0 aliphatic carbocycles. The predicted molar refractivity (Wildman–Crippen MR) is 89.4 cm³/mol. The highest BCUT2D eigenvalue weighted by molar-refractivity contribution is 7.88. The molecule has 0 fully saturated rings. The Kier molecular flexibility index (Phi) is 5.70. The van der Waals surface area contributed by atoms with E-state index < -0.39 is 10.0 Å². The summed E-state index contributed by atoms with van der Waals surface area (Å²) in [7, 11) is -3.20. The zero-order chi connectivity index (χ0) is 16.0. The van der Waals surface area contributed by atoms with Gasteiger partial charge in [0.05, 0.1) is 6.26 Å². The molecule has 1 amide bonds. The van der Waals surface area contributed by atoms with Crippen molar-refractivity contribution in [3.05, 3.63) is 52.2 Å². The predicted octanol–water partition coefficient (Wildman–Crippen LogP) is 2.37. The molecule has 0 aliphatic heterocycles. The molecule has 7 heteroatoms. The zero-order valence-corrected chi connectivity index (χ0v) is 13.8. The van der Waals surface area contributed by atoms with E-state index in [0.29, 0.717) is 12.1 Å². The van der Waals surface area contributed by atoms with Crippen LogP contribution in [0.5, 0.6) is 0 Å². The van der Waals surface area contributed by atoms with E-state index in [4.69, 9.17) is 0 Å². The third-order valence-corrected chi connectivity index (χ3v) is 4.40. The number of nitrogens with one attached hydrogen (secondary N) is 2. The number of thiophene rings is 1. The summed E-state index contributed by atoms with van der Waals surface area (Å²) in [6.07, 6.45) is 2.29. The number of anilines is 1. The molecule has 0 atom stereocenters. The number of amides is 1. The lowest BCUT2D eigenvalue weighted by atomic mass is 10.1. The molecular weight excluding hydrogens is 320 g/mol. The zero-order valence-electron chi connectivity index (χ0n) is 12.2. The van der Waals surface area contributed by atoms with Crippen molar-refractivity contribution in [1.29, 1.82) is 0 Å². The number of carbonyl (C=O) groups excluding carboxylic acids is 1. The van der Waals surface area contributed by atoms with Gasteiger partial charge in [-0.25, -0.2) is 13.1 Å². The van der Waals surface area contributed by atoms with Crippen LogP contribution in [0.4, 0.5) is 5.69 Å². The van der Waals surface area contributed by atoms with Gasteiger partial charge in [-0.2, -0.15) is 11.3 Å². The fraction of sp³-hybridized carbons (Fsp3) is 0.267. The van der Waals surface area contributed by atoms with Crippen LogP contribution >= 0.6 is 11.3 Å². The van der Waals surface area contributed by atoms with Crippen LogP contribution in [0.15, 0.2) is 41.1 Å². The van der Waals surface area contributed by atoms with Gasteiger partial charge in [0, 0.05) is 18.7 Å². The molecule has 0 saturated heterocycles. The number of hydrogen-bond acceptors (Lipinski definition) is 4. The molecule has 118 valence electrons. The van der Waals surface area contributed by atoms with Crippen molar-refractivity contribution in [3.63, 3.8) is 0 Å². The van der Waals surface area contributed by atoms with Gasteiger partial charge in [0.25, 0.3) is 0 Å². The number of benzene rings is 1. The van der Waals surface area contributed by atoms with Crippen LogP contribution in [-0.4, -0.2) is 20.6 Å². The van der Waals surface area contributed by atoms with Crippen LogP contribution < -0.4 is 10.0 Å². The van der Waals surface area contributed by atoms with Crippen molar-refractivity contribution in [1.82, 2.24) is 4.72 Å². The fourth-order valence-electron chi connectivity index (χ4n) is 1.84. The SMILES string of the molecule is CS(=O)(=O)NCc1ccc(NC(=O)CCc2ccsc2)cc1. The smallest absolute Gasteiger partial charge is 0.224 e. The average Bonchev–Trinajstić information content (AvgIpc) is 2.97. The van der Waals surface area contributed by atoms with Crippen molar-refractivity contribution >= 4 is 33.0 Å². The molecule has 1 aromatic heterocycles. The molecule has 0 saturated carbocycles. The minimum atomic E-state index is -3.20. The Labute approximate surface area is 134 Å². The van der Waals surface area contributed by atoms with Gasteiger partial charge in [-0.1, -0.05) is 12.1 Å². The molecular formula is C15H18N2O3S2. The molecule has 22 heavy (non-hydrogen) atoms. The number of aryl methyl sites for hydroxylation is 1. The molecule has 1 aromatic carbocycles. The van der Waals surface area contributed by atoms with Crippen LogP contribution in [0.3, 0.4) is 0 Å². The highest BCUT2D eigenvalue weighted by Gasteiger charge is 2.05. The summed E-state index contributed by atoms with van der Waals surface area (Å²) in [6.45, 7) is 0.241. The third-order valence-electron chi connectivity index (χ3n) is 3.00. The second-order valence-corrected chi connectivity index (χ2v) is 7.58. The van der Waals surface area contributed by atoms with E-state index in [-0.39, 0.29) is 12.5 Å². The van der Waals surface area contributed by atoms with Crippen LogP contribution in [-0.2, 0) is 27.8 Å². The van der Waals surface area contributed by atoms with Gasteiger partial charge in [0.15, 0.2) is 0 Å². The van der Waals surface area contributed by atoms with E-state index in [1.54, 1.807) is 35.6 Å². The first kappa shape index (κ1) is 16.7. The highest BCUT2D eigenvalue weighted by atomic mass is 32.2. The number of carbonyl (C=O) groups is 1. The fourth-order valence-corrected chi connectivity index (χ4v) is 2.97. The maximum Gasteiger partial charge on any atom is 0.224 e. The van der Waals surface area contributed by atoms with E-state index >= 15 is 0 Å². The first-order valence-electron chi connectivity index (χ1n) is 6.77. The van der Waals surface area contributed by atoms with Crippen molar-refractivity contribution in [3.8, 4) is 0 Å². The van der Waals surface area contributed by atoms with E-state index in [2.05, 4.69) is 10.0 Å². The van der Waals surface area contributed by atoms with Crippen molar-refractivity contribution in [2.75, 3.05) is 11.6 Å². The van der Waals surface area contributed by atoms with Gasteiger partial charge >= 0.3 is 0 Å². The first-order valence-corrected chi connectivity index (χ1v) is 9.60. The topological polar surface area (TPSA) is 75.3 Å². The standard InChI is InChI=1S/C15H18N2O3S2/c1-22(19,20)16-10-12-2-5-14(6-3-12)17-15(18)7-4-13-8-9-21-11-13/h2-3,5-6,8-9,11,16H,4,7,10H2,1H3,(H,17,18). The summed E-state index contributed by atoms with van der Waals surface area (Å²) in [6, 6.07) is 9.12.